The SMILES string of the molecule is COc1cc(C)c2ccc3ccccc3c2c1. The Bertz CT molecular complexity index is 698. The lowest BCUT2D eigenvalue weighted by Crippen LogP contribution is -1.86. The minimum absolute atomic E-state index is 0.923. The van der Waals surface area contributed by atoms with Gasteiger partial charge in [0.05, 0.1) is 7.11 Å². The van der Waals surface area contributed by atoms with E-state index in [-0.39, 0.29) is 0 Å². The maximum atomic E-state index is 5.35. The molecule has 3 rings (SSSR count). The predicted octanol–water partition coefficient (Wildman–Crippen LogP) is 4.31. The molecule has 0 heterocycles. The average Bonchev–Trinajstić information content (AvgIpc) is 2.38. The average molecular weight is 222 g/mol. The van der Waals surface area contributed by atoms with E-state index in [4.69, 9.17) is 4.74 Å². The third-order valence-corrected chi connectivity index (χ3v) is 3.28. The van der Waals surface area contributed by atoms with E-state index in [2.05, 4.69) is 55.5 Å². The van der Waals surface area contributed by atoms with Crippen molar-refractivity contribution < 1.29 is 4.74 Å². The number of fused-ring (bicyclic) bond motifs is 3. The minimum Gasteiger partial charge on any atom is -0.497 e. The van der Waals surface area contributed by atoms with Gasteiger partial charge in [-0.3, -0.25) is 0 Å². The molecule has 3 aromatic carbocycles. The monoisotopic (exact) mass is 222 g/mol. The summed E-state index contributed by atoms with van der Waals surface area (Å²) >= 11 is 0. The molecule has 0 atom stereocenters. The smallest absolute Gasteiger partial charge is 0.119 e. The zero-order valence-electron chi connectivity index (χ0n) is 10.0. The Hall–Kier alpha value is -2.02. The lowest BCUT2D eigenvalue weighted by atomic mass is 9.99. The summed E-state index contributed by atoms with van der Waals surface area (Å²) in [5.74, 6) is 0.923. The van der Waals surface area contributed by atoms with Gasteiger partial charge in [0.25, 0.3) is 0 Å². The molecule has 17 heavy (non-hydrogen) atoms. The third kappa shape index (κ3) is 1.55. The molecule has 3 aromatic rings. The van der Waals surface area contributed by atoms with Gasteiger partial charge in [-0.25, -0.2) is 0 Å². The predicted molar refractivity (Wildman–Crippen MR) is 72.7 cm³/mol. The van der Waals surface area contributed by atoms with Crippen LogP contribution >= 0.6 is 0 Å². The molecule has 0 saturated carbocycles. The highest BCUT2D eigenvalue weighted by Crippen LogP contribution is 2.30. The Morgan fingerprint density at radius 1 is 0.824 bits per heavy atom. The lowest BCUT2D eigenvalue weighted by molar-refractivity contribution is 0.415. The summed E-state index contributed by atoms with van der Waals surface area (Å²) in [6.07, 6.45) is 0. The lowest BCUT2D eigenvalue weighted by Gasteiger charge is -2.09. The number of hydrogen-bond acceptors (Lipinski definition) is 1. The highest BCUT2D eigenvalue weighted by molar-refractivity contribution is 6.08. The molecule has 0 saturated heterocycles. The van der Waals surface area contributed by atoms with Crippen molar-refractivity contribution in [2.45, 2.75) is 6.92 Å². The molecule has 0 aliphatic heterocycles. The van der Waals surface area contributed by atoms with Gasteiger partial charge in [-0.15, -0.1) is 0 Å². The molecular formula is C16H14O. The number of aryl methyl sites for hydroxylation is 1. The van der Waals surface area contributed by atoms with Crippen LogP contribution in [0, 0.1) is 6.92 Å². The van der Waals surface area contributed by atoms with Crippen LogP contribution in [0.4, 0.5) is 0 Å². The van der Waals surface area contributed by atoms with E-state index >= 15 is 0 Å². The Morgan fingerprint density at radius 2 is 1.65 bits per heavy atom. The third-order valence-electron chi connectivity index (χ3n) is 3.28. The molecule has 0 spiro atoms. The molecule has 84 valence electrons. The van der Waals surface area contributed by atoms with Gasteiger partial charge in [0.15, 0.2) is 0 Å². The second-order valence-corrected chi connectivity index (χ2v) is 4.33. The molecule has 0 fully saturated rings. The van der Waals surface area contributed by atoms with Crippen LogP contribution in [-0.2, 0) is 0 Å². The molecule has 1 heteroatoms. The van der Waals surface area contributed by atoms with Gasteiger partial charge in [-0.1, -0.05) is 36.4 Å². The fraction of sp³-hybridized carbons (Fsp3) is 0.125. The van der Waals surface area contributed by atoms with Crippen LogP contribution in [-0.4, -0.2) is 7.11 Å². The summed E-state index contributed by atoms with van der Waals surface area (Å²) < 4.78 is 5.35. The molecular weight excluding hydrogens is 208 g/mol. The zero-order chi connectivity index (χ0) is 11.8. The van der Waals surface area contributed by atoms with Crippen LogP contribution in [0.5, 0.6) is 5.75 Å². The number of rotatable bonds is 1. The largest absolute Gasteiger partial charge is 0.497 e. The van der Waals surface area contributed by atoms with Gasteiger partial charge in [0, 0.05) is 0 Å². The van der Waals surface area contributed by atoms with Crippen molar-refractivity contribution in [3.05, 3.63) is 54.1 Å². The number of methoxy groups -OCH3 is 1. The zero-order valence-corrected chi connectivity index (χ0v) is 10.0. The van der Waals surface area contributed by atoms with E-state index < -0.39 is 0 Å². The quantitative estimate of drug-likeness (QED) is 0.557. The first-order valence-electron chi connectivity index (χ1n) is 5.76. The molecule has 1 nitrogen and oxygen atoms in total. The van der Waals surface area contributed by atoms with Crippen LogP contribution in [0.25, 0.3) is 21.5 Å². The van der Waals surface area contributed by atoms with E-state index in [1.807, 2.05) is 0 Å². The molecule has 0 aliphatic carbocycles. The summed E-state index contributed by atoms with van der Waals surface area (Å²) in [5.41, 5.74) is 1.25. The second kappa shape index (κ2) is 3.77. The maximum absolute atomic E-state index is 5.35. The van der Waals surface area contributed by atoms with E-state index in [9.17, 15) is 0 Å². The van der Waals surface area contributed by atoms with E-state index in [1.54, 1.807) is 7.11 Å². The van der Waals surface area contributed by atoms with Crippen LogP contribution in [0.1, 0.15) is 5.56 Å². The summed E-state index contributed by atoms with van der Waals surface area (Å²) in [6.45, 7) is 2.12. The van der Waals surface area contributed by atoms with Gasteiger partial charge < -0.3 is 4.74 Å². The van der Waals surface area contributed by atoms with E-state index in [0.29, 0.717) is 0 Å². The fourth-order valence-electron chi connectivity index (χ4n) is 2.39. The molecule has 0 aromatic heterocycles. The highest BCUT2D eigenvalue weighted by atomic mass is 16.5. The van der Waals surface area contributed by atoms with Crippen molar-refractivity contribution in [1.82, 2.24) is 0 Å². The number of benzene rings is 3. The minimum atomic E-state index is 0.923. The van der Waals surface area contributed by atoms with Crippen molar-refractivity contribution in [3.63, 3.8) is 0 Å². The summed E-state index contributed by atoms with van der Waals surface area (Å²) in [5, 5.41) is 5.11. The molecule has 0 unspecified atom stereocenters. The summed E-state index contributed by atoms with van der Waals surface area (Å²) in [4.78, 5) is 0. The van der Waals surface area contributed by atoms with Crippen molar-refractivity contribution >= 4 is 21.5 Å². The standard InChI is InChI=1S/C16H14O/c1-11-9-13(17-2)10-16-14(11)8-7-12-5-3-4-6-15(12)16/h3-10H,1-2H3. The first-order chi connectivity index (χ1) is 8.29. The molecule has 0 aliphatic rings. The summed E-state index contributed by atoms with van der Waals surface area (Å²) in [6, 6.07) is 17.0. The Kier molecular flexibility index (Phi) is 2.25. The van der Waals surface area contributed by atoms with Gasteiger partial charge in [-0.05, 0) is 46.2 Å². The first kappa shape index (κ1) is 10.2. The van der Waals surface area contributed by atoms with Gasteiger partial charge in [0.1, 0.15) is 5.75 Å². The Balaban J connectivity index is 2.51. The van der Waals surface area contributed by atoms with Crippen molar-refractivity contribution in [2.24, 2.45) is 0 Å². The maximum Gasteiger partial charge on any atom is 0.119 e. The van der Waals surface area contributed by atoms with Gasteiger partial charge >= 0.3 is 0 Å². The molecule has 0 amide bonds. The Morgan fingerprint density at radius 3 is 2.47 bits per heavy atom. The molecule has 0 N–H and O–H groups in total. The first-order valence-corrected chi connectivity index (χ1v) is 5.76. The topological polar surface area (TPSA) is 9.23 Å². The van der Waals surface area contributed by atoms with Crippen molar-refractivity contribution in [1.29, 1.82) is 0 Å². The van der Waals surface area contributed by atoms with Crippen LogP contribution < -0.4 is 4.74 Å². The van der Waals surface area contributed by atoms with Crippen LogP contribution in [0.15, 0.2) is 48.5 Å². The number of hydrogen-bond donors (Lipinski definition) is 0. The molecule has 0 radical (unpaired) electrons. The number of ether oxygens (including phenoxy) is 1. The van der Waals surface area contributed by atoms with E-state index in [0.717, 1.165) is 5.75 Å². The second-order valence-electron chi connectivity index (χ2n) is 4.33. The normalized spacial score (nSPS) is 10.9. The van der Waals surface area contributed by atoms with Crippen LogP contribution in [0.2, 0.25) is 0 Å². The Labute approximate surface area is 101 Å². The van der Waals surface area contributed by atoms with Gasteiger partial charge in [-0.2, -0.15) is 0 Å². The van der Waals surface area contributed by atoms with Crippen molar-refractivity contribution in [2.75, 3.05) is 7.11 Å². The van der Waals surface area contributed by atoms with Crippen molar-refractivity contribution in [3.8, 4) is 5.75 Å². The van der Waals surface area contributed by atoms with E-state index in [1.165, 1.54) is 27.1 Å². The highest BCUT2D eigenvalue weighted by Gasteiger charge is 2.04. The fourth-order valence-corrected chi connectivity index (χ4v) is 2.39. The summed E-state index contributed by atoms with van der Waals surface area (Å²) in [7, 11) is 1.71. The van der Waals surface area contributed by atoms with Crippen LogP contribution in [0.3, 0.4) is 0 Å². The van der Waals surface area contributed by atoms with Gasteiger partial charge in [0.2, 0.25) is 0 Å². The molecule has 0 bridgehead atoms.